The Kier molecular flexibility index (Phi) is 5.02. The highest BCUT2D eigenvalue weighted by Crippen LogP contribution is 2.26. The zero-order valence-electron chi connectivity index (χ0n) is 13.0. The van der Waals surface area contributed by atoms with Crippen LogP contribution in [0.4, 0.5) is 0 Å². The van der Waals surface area contributed by atoms with Crippen molar-refractivity contribution in [2.45, 2.75) is 46.7 Å². The molecule has 1 heterocycles. The van der Waals surface area contributed by atoms with Crippen molar-refractivity contribution in [2.24, 2.45) is 0 Å². The van der Waals surface area contributed by atoms with Gasteiger partial charge in [-0.3, -0.25) is 0 Å². The van der Waals surface area contributed by atoms with Gasteiger partial charge in [-0.05, 0) is 56.5 Å². The predicted molar refractivity (Wildman–Crippen MR) is 88.2 cm³/mol. The molecule has 0 aliphatic carbocycles. The summed E-state index contributed by atoms with van der Waals surface area (Å²) in [6.45, 7) is 13.5. The number of nitrogens with one attached hydrogen (secondary N) is 1. The maximum absolute atomic E-state index is 3.81. The third-order valence-corrected chi connectivity index (χ3v) is 4.07. The lowest BCUT2D eigenvalue weighted by molar-refractivity contribution is 0.655. The number of hydrogen-bond acceptors (Lipinski definition) is 1. The Labute approximate surface area is 122 Å². The highest BCUT2D eigenvalue weighted by molar-refractivity contribution is 5.86. The zero-order chi connectivity index (χ0) is 14.5. The first-order chi connectivity index (χ1) is 9.69. The fraction of sp³-hybridized carbons (Fsp3) is 0.444. The third-order valence-electron chi connectivity index (χ3n) is 4.07. The van der Waals surface area contributed by atoms with Crippen molar-refractivity contribution in [3.05, 3.63) is 47.7 Å². The fourth-order valence-corrected chi connectivity index (χ4v) is 2.76. The predicted octanol–water partition coefficient (Wildman–Crippen LogP) is 4.33. The van der Waals surface area contributed by atoms with Crippen LogP contribution in [-0.4, -0.2) is 11.1 Å². The number of allylic oxidation sites excluding steroid dienone is 1. The number of nitrogens with zero attached hydrogens (tertiary/aromatic N) is 1. The molecule has 0 aliphatic rings. The van der Waals surface area contributed by atoms with E-state index in [0.29, 0.717) is 0 Å². The van der Waals surface area contributed by atoms with Crippen molar-refractivity contribution >= 4 is 10.9 Å². The first kappa shape index (κ1) is 14.9. The Morgan fingerprint density at radius 3 is 2.80 bits per heavy atom. The normalized spacial score (nSPS) is 11.2. The highest BCUT2D eigenvalue weighted by Gasteiger charge is 2.10. The summed E-state index contributed by atoms with van der Waals surface area (Å²) in [4.78, 5) is 0. The van der Waals surface area contributed by atoms with Gasteiger partial charge in [-0.1, -0.05) is 19.1 Å². The van der Waals surface area contributed by atoms with Crippen molar-refractivity contribution in [3.8, 4) is 0 Å². The van der Waals surface area contributed by atoms with Gasteiger partial charge in [-0.2, -0.15) is 0 Å². The topological polar surface area (TPSA) is 17.0 Å². The molecule has 0 fully saturated rings. The fourth-order valence-electron chi connectivity index (χ4n) is 2.76. The Bertz CT molecular complexity index is 593. The minimum Gasteiger partial charge on any atom is -0.345 e. The molecule has 0 spiro atoms. The summed E-state index contributed by atoms with van der Waals surface area (Å²) in [5.74, 6) is 0. The monoisotopic (exact) mass is 270 g/mol. The highest BCUT2D eigenvalue weighted by atomic mass is 15.0. The van der Waals surface area contributed by atoms with E-state index < -0.39 is 0 Å². The molecule has 2 nitrogen and oxygen atoms in total. The molecule has 0 amide bonds. The molecule has 0 saturated carbocycles. The molecule has 0 atom stereocenters. The number of aryl methyl sites for hydroxylation is 2. The molecule has 0 radical (unpaired) electrons. The molecule has 1 aromatic carbocycles. The lowest BCUT2D eigenvalue weighted by atomic mass is 10.1. The van der Waals surface area contributed by atoms with Gasteiger partial charge in [-0.15, -0.1) is 6.58 Å². The molecule has 1 aromatic heterocycles. The largest absolute Gasteiger partial charge is 0.345 e. The molecule has 2 rings (SSSR count). The van der Waals surface area contributed by atoms with Gasteiger partial charge in [0.05, 0.1) is 0 Å². The second-order valence-corrected chi connectivity index (χ2v) is 5.42. The summed E-state index contributed by atoms with van der Waals surface area (Å²) >= 11 is 0. The van der Waals surface area contributed by atoms with Crippen LogP contribution in [0.25, 0.3) is 10.9 Å². The minimum atomic E-state index is 0.951. The van der Waals surface area contributed by atoms with E-state index in [2.05, 4.69) is 55.4 Å². The second-order valence-electron chi connectivity index (χ2n) is 5.42. The van der Waals surface area contributed by atoms with Gasteiger partial charge in [0.25, 0.3) is 0 Å². The molecule has 2 aromatic rings. The number of hydrogen-bond donors (Lipinski definition) is 1. The molecule has 1 N–H and O–H groups in total. The number of rotatable bonds is 7. The van der Waals surface area contributed by atoms with Crippen molar-refractivity contribution in [1.82, 2.24) is 9.88 Å². The molecular formula is C18H26N2. The lowest BCUT2D eigenvalue weighted by Crippen LogP contribution is -2.11. The molecular weight excluding hydrogens is 244 g/mol. The van der Waals surface area contributed by atoms with Crippen LogP contribution < -0.4 is 5.32 Å². The van der Waals surface area contributed by atoms with Gasteiger partial charge in [0.2, 0.25) is 0 Å². The summed E-state index contributed by atoms with van der Waals surface area (Å²) in [5, 5.41) is 4.79. The standard InChI is InChI=1S/C18H26N2/c1-5-7-8-11-20-15(4)14(3)17-12-16(13-19-6-2)9-10-18(17)20/h5,9-10,12,19H,1,6-8,11,13H2,2-4H3. The Hall–Kier alpha value is -1.54. The molecule has 0 aliphatic heterocycles. The van der Waals surface area contributed by atoms with Crippen molar-refractivity contribution < 1.29 is 0 Å². The number of fused-ring (bicyclic) bond motifs is 1. The average Bonchev–Trinajstić information content (AvgIpc) is 2.70. The van der Waals surface area contributed by atoms with E-state index in [1.165, 1.54) is 27.7 Å². The van der Waals surface area contributed by atoms with Crippen LogP contribution in [0.2, 0.25) is 0 Å². The molecule has 0 bridgehead atoms. The van der Waals surface area contributed by atoms with E-state index in [0.717, 1.165) is 32.5 Å². The number of unbranched alkanes of at least 4 members (excludes halogenated alkanes) is 1. The van der Waals surface area contributed by atoms with Gasteiger partial charge < -0.3 is 9.88 Å². The Morgan fingerprint density at radius 1 is 1.30 bits per heavy atom. The van der Waals surface area contributed by atoms with Gasteiger partial charge in [0.15, 0.2) is 0 Å². The van der Waals surface area contributed by atoms with Crippen LogP contribution in [0.3, 0.4) is 0 Å². The van der Waals surface area contributed by atoms with Crippen molar-refractivity contribution in [3.63, 3.8) is 0 Å². The summed E-state index contributed by atoms with van der Waals surface area (Å²) in [5.41, 5.74) is 5.54. The Balaban J connectivity index is 2.34. The summed E-state index contributed by atoms with van der Waals surface area (Å²) in [6, 6.07) is 6.86. The van der Waals surface area contributed by atoms with E-state index in [-0.39, 0.29) is 0 Å². The lowest BCUT2D eigenvalue weighted by Gasteiger charge is -2.08. The quantitative estimate of drug-likeness (QED) is 0.585. The smallest absolute Gasteiger partial charge is 0.0485 e. The van der Waals surface area contributed by atoms with Gasteiger partial charge in [0.1, 0.15) is 0 Å². The summed E-state index contributed by atoms with van der Waals surface area (Å²) in [7, 11) is 0. The average molecular weight is 270 g/mol. The zero-order valence-corrected chi connectivity index (χ0v) is 13.0. The van der Waals surface area contributed by atoms with Crippen LogP contribution in [-0.2, 0) is 13.1 Å². The van der Waals surface area contributed by atoms with Gasteiger partial charge in [0, 0.05) is 29.7 Å². The van der Waals surface area contributed by atoms with Crippen LogP contribution in [0, 0.1) is 13.8 Å². The Morgan fingerprint density at radius 2 is 2.10 bits per heavy atom. The number of aromatic nitrogens is 1. The van der Waals surface area contributed by atoms with Crippen molar-refractivity contribution in [2.75, 3.05) is 6.54 Å². The van der Waals surface area contributed by atoms with Gasteiger partial charge >= 0.3 is 0 Å². The van der Waals surface area contributed by atoms with E-state index in [1.54, 1.807) is 0 Å². The maximum Gasteiger partial charge on any atom is 0.0485 e. The summed E-state index contributed by atoms with van der Waals surface area (Å²) < 4.78 is 2.45. The molecule has 2 heteroatoms. The number of benzene rings is 1. The first-order valence-corrected chi connectivity index (χ1v) is 7.59. The molecule has 20 heavy (non-hydrogen) atoms. The first-order valence-electron chi connectivity index (χ1n) is 7.59. The van der Waals surface area contributed by atoms with Gasteiger partial charge in [-0.25, -0.2) is 0 Å². The van der Waals surface area contributed by atoms with E-state index in [1.807, 2.05) is 6.08 Å². The van der Waals surface area contributed by atoms with E-state index in [4.69, 9.17) is 0 Å². The second kappa shape index (κ2) is 6.76. The molecule has 108 valence electrons. The third kappa shape index (κ3) is 2.96. The van der Waals surface area contributed by atoms with Crippen LogP contribution >= 0.6 is 0 Å². The molecule has 0 saturated heterocycles. The maximum atomic E-state index is 3.81. The summed E-state index contributed by atoms with van der Waals surface area (Å²) in [6.07, 6.45) is 4.24. The van der Waals surface area contributed by atoms with Crippen LogP contribution in [0.5, 0.6) is 0 Å². The van der Waals surface area contributed by atoms with Crippen LogP contribution in [0.1, 0.15) is 36.6 Å². The van der Waals surface area contributed by atoms with Crippen LogP contribution in [0.15, 0.2) is 30.9 Å². The van der Waals surface area contributed by atoms with E-state index in [9.17, 15) is 0 Å². The van der Waals surface area contributed by atoms with Crippen molar-refractivity contribution in [1.29, 1.82) is 0 Å². The molecule has 0 unspecified atom stereocenters. The van der Waals surface area contributed by atoms with E-state index >= 15 is 0 Å². The SMILES string of the molecule is C=CCCCn1c(C)c(C)c2cc(CNCC)ccc21. The minimum absolute atomic E-state index is 0.951.